The van der Waals surface area contributed by atoms with Gasteiger partial charge in [-0.25, -0.2) is 0 Å². The van der Waals surface area contributed by atoms with E-state index in [0.29, 0.717) is 18.6 Å². The van der Waals surface area contributed by atoms with E-state index in [-0.39, 0.29) is 5.91 Å². The van der Waals surface area contributed by atoms with Crippen molar-refractivity contribution in [1.82, 2.24) is 10.6 Å². The number of hydrogen-bond acceptors (Lipinski definition) is 5. The molecular weight excluding hydrogens is 380 g/mol. The van der Waals surface area contributed by atoms with Gasteiger partial charge in [0.2, 0.25) is 0 Å². The van der Waals surface area contributed by atoms with Crippen molar-refractivity contribution in [3.63, 3.8) is 0 Å². The van der Waals surface area contributed by atoms with Crippen molar-refractivity contribution in [2.45, 2.75) is 43.4 Å². The van der Waals surface area contributed by atoms with Gasteiger partial charge in [0.1, 0.15) is 11.9 Å². The lowest BCUT2D eigenvalue weighted by atomic mass is 9.73. The van der Waals surface area contributed by atoms with E-state index in [9.17, 15) is 9.90 Å². The van der Waals surface area contributed by atoms with Crippen molar-refractivity contribution < 1.29 is 19.4 Å². The number of para-hydroxylation sites is 1. The van der Waals surface area contributed by atoms with E-state index in [2.05, 4.69) is 10.6 Å². The van der Waals surface area contributed by atoms with Crippen LogP contribution in [-0.2, 0) is 4.74 Å². The van der Waals surface area contributed by atoms with Crippen LogP contribution in [0, 0.1) is 0 Å². The molecule has 2 aromatic carbocycles. The Kier molecular flexibility index (Phi) is 5.82. The van der Waals surface area contributed by atoms with E-state index in [4.69, 9.17) is 9.47 Å². The van der Waals surface area contributed by atoms with Gasteiger partial charge in [-0.05, 0) is 63.0 Å². The van der Waals surface area contributed by atoms with Gasteiger partial charge in [-0.15, -0.1) is 0 Å². The molecule has 2 aromatic rings. The summed E-state index contributed by atoms with van der Waals surface area (Å²) in [6.45, 7) is 4.07. The predicted molar refractivity (Wildman–Crippen MR) is 116 cm³/mol. The number of benzene rings is 2. The maximum atomic E-state index is 13.0. The number of amides is 1. The van der Waals surface area contributed by atoms with Gasteiger partial charge in [0.15, 0.2) is 0 Å². The van der Waals surface area contributed by atoms with Crippen LogP contribution in [-0.4, -0.2) is 55.1 Å². The van der Waals surface area contributed by atoms with Crippen molar-refractivity contribution >= 4 is 5.91 Å². The molecule has 2 aliphatic heterocycles. The molecule has 2 heterocycles. The van der Waals surface area contributed by atoms with Crippen LogP contribution in [0.1, 0.15) is 36.5 Å². The molecule has 2 atom stereocenters. The predicted octanol–water partition coefficient (Wildman–Crippen LogP) is 2.75. The summed E-state index contributed by atoms with van der Waals surface area (Å²) in [5, 5.41) is 17.6. The molecule has 30 heavy (non-hydrogen) atoms. The van der Waals surface area contributed by atoms with Crippen LogP contribution in [0.15, 0.2) is 48.5 Å². The van der Waals surface area contributed by atoms with Crippen LogP contribution >= 0.6 is 0 Å². The third kappa shape index (κ3) is 3.83. The second kappa shape index (κ2) is 8.38. The fourth-order valence-corrected chi connectivity index (χ4v) is 4.68. The van der Waals surface area contributed by atoms with Crippen LogP contribution in [0.25, 0.3) is 11.1 Å². The third-order valence-electron chi connectivity index (χ3n) is 6.53. The topological polar surface area (TPSA) is 79.8 Å². The average Bonchev–Trinajstić information content (AvgIpc) is 2.78. The van der Waals surface area contributed by atoms with Crippen LogP contribution < -0.4 is 15.4 Å². The third-order valence-corrected chi connectivity index (χ3v) is 6.53. The Bertz CT molecular complexity index is 887. The summed E-state index contributed by atoms with van der Waals surface area (Å²) in [5.74, 6) is 0.605. The minimum Gasteiger partial charge on any atom is -0.496 e. The zero-order valence-electron chi connectivity index (χ0n) is 17.6. The first-order valence-electron chi connectivity index (χ1n) is 10.6. The highest BCUT2D eigenvalue weighted by molar-refractivity contribution is 5.95. The molecule has 160 valence electrons. The number of carbonyl (C=O) groups excluding carboxylic acids is 1. The van der Waals surface area contributed by atoms with Crippen LogP contribution in [0.3, 0.4) is 0 Å². The Balaban J connectivity index is 1.50. The molecule has 0 unspecified atom stereocenters. The highest BCUT2D eigenvalue weighted by atomic mass is 16.5. The Labute approximate surface area is 177 Å². The van der Waals surface area contributed by atoms with Crippen molar-refractivity contribution in [1.29, 1.82) is 0 Å². The summed E-state index contributed by atoms with van der Waals surface area (Å²) >= 11 is 0. The van der Waals surface area contributed by atoms with E-state index in [1.54, 1.807) is 7.11 Å². The number of aliphatic hydroxyl groups is 1. The van der Waals surface area contributed by atoms with E-state index < -0.39 is 17.2 Å². The van der Waals surface area contributed by atoms with Crippen molar-refractivity contribution in [3.05, 3.63) is 54.1 Å². The van der Waals surface area contributed by atoms with E-state index >= 15 is 0 Å². The number of carbonyl (C=O) groups is 1. The van der Waals surface area contributed by atoms with Crippen molar-refractivity contribution in [2.75, 3.05) is 26.8 Å². The average molecular weight is 411 g/mol. The van der Waals surface area contributed by atoms with E-state index in [0.717, 1.165) is 42.8 Å². The van der Waals surface area contributed by atoms with Crippen molar-refractivity contribution in [2.24, 2.45) is 0 Å². The van der Waals surface area contributed by atoms with Gasteiger partial charge in [-0.2, -0.15) is 0 Å². The summed E-state index contributed by atoms with van der Waals surface area (Å²) in [6, 6.07) is 15.3. The van der Waals surface area contributed by atoms with Crippen LogP contribution in [0.5, 0.6) is 5.75 Å². The highest BCUT2D eigenvalue weighted by Crippen LogP contribution is 2.38. The number of methoxy groups -OCH3 is 1. The van der Waals surface area contributed by atoms with Gasteiger partial charge in [-0.3, -0.25) is 4.79 Å². The van der Waals surface area contributed by atoms with Crippen LogP contribution in [0.4, 0.5) is 0 Å². The smallest absolute Gasteiger partial charge is 0.251 e. The first-order valence-corrected chi connectivity index (χ1v) is 10.6. The number of piperidine rings is 1. The quantitative estimate of drug-likeness (QED) is 0.722. The zero-order valence-corrected chi connectivity index (χ0v) is 17.6. The Morgan fingerprint density at radius 1 is 1.13 bits per heavy atom. The molecule has 0 aromatic heterocycles. The second-order valence-electron chi connectivity index (χ2n) is 8.46. The van der Waals surface area contributed by atoms with Crippen molar-refractivity contribution in [3.8, 4) is 16.9 Å². The monoisotopic (exact) mass is 410 g/mol. The zero-order chi connectivity index (χ0) is 21.2. The fraction of sp³-hybridized carbons (Fsp3) is 0.458. The number of aliphatic hydroxyl groups excluding tert-OH is 1. The Morgan fingerprint density at radius 2 is 1.83 bits per heavy atom. The maximum absolute atomic E-state index is 13.0. The van der Waals surface area contributed by atoms with Gasteiger partial charge < -0.3 is 25.2 Å². The molecule has 6 heteroatoms. The molecule has 0 radical (unpaired) electrons. The number of rotatable bonds is 4. The van der Waals surface area contributed by atoms with Gasteiger partial charge in [0.05, 0.1) is 18.2 Å². The molecular formula is C24H30N2O4. The molecule has 2 saturated heterocycles. The highest BCUT2D eigenvalue weighted by Gasteiger charge is 2.53. The molecule has 0 saturated carbocycles. The SMILES string of the molecule is COc1ccccc1-c1ccc(C(=O)N[C@]2(C)CCOC3(CCNCC3)[C@H]2O)cc1. The molecule has 0 bridgehead atoms. The van der Waals surface area contributed by atoms with Gasteiger partial charge in [-0.1, -0.05) is 30.3 Å². The Hall–Kier alpha value is -2.41. The first-order chi connectivity index (χ1) is 14.5. The summed E-state index contributed by atoms with van der Waals surface area (Å²) in [6.07, 6.45) is 1.31. The number of nitrogens with one attached hydrogen (secondary N) is 2. The lowest BCUT2D eigenvalue weighted by Gasteiger charge is -2.52. The largest absolute Gasteiger partial charge is 0.496 e. The maximum Gasteiger partial charge on any atom is 0.251 e. The van der Waals surface area contributed by atoms with Gasteiger partial charge in [0.25, 0.3) is 5.91 Å². The lowest BCUT2D eigenvalue weighted by Crippen LogP contribution is -2.69. The Morgan fingerprint density at radius 3 is 2.53 bits per heavy atom. The number of hydrogen-bond donors (Lipinski definition) is 3. The summed E-state index contributed by atoms with van der Waals surface area (Å²) in [7, 11) is 1.65. The fourth-order valence-electron chi connectivity index (χ4n) is 4.68. The molecule has 3 N–H and O–H groups in total. The van der Waals surface area contributed by atoms with Gasteiger partial charge >= 0.3 is 0 Å². The molecule has 1 amide bonds. The van der Waals surface area contributed by atoms with E-state index in [1.807, 2.05) is 55.5 Å². The molecule has 0 aliphatic carbocycles. The molecule has 6 nitrogen and oxygen atoms in total. The molecule has 1 spiro atoms. The molecule has 4 rings (SSSR count). The first kappa shape index (κ1) is 20.8. The summed E-state index contributed by atoms with van der Waals surface area (Å²) in [5.41, 5.74) is 1.21. The summed E-state index contributed by atoms with van der Waals surface area (Å²) < 4.78 is 11.5. The minimum absolute atomic E-state index is 0.186. The molecule has 2 fully saturated rings. The second-order valence-corrected chi connectivity index (χ2v) is 8.46. The standard InChI is InChI=1S/C24H30N2O4/c1-23(13-16-30-24(22(23)28)11-14-25-15-12-24)26-21(27)18-9-7-17(8-10-18)19-5-3-4-6-20(19)29-2/h3-10,22,25,28H,11-16H2,1-2H3,(H,26,27)/t22-,23+/m0/s1. The normalized spacial score (nSPS) is 25.6. The summed E-state index contributed by atoms with van der Waals surface area (Å²) in [4.78, 5) is 13.0. The van der Waals surface area contributed by atoms with Crippen LogP contribution in [0.2, 0.25) is 0 Å². The lowest BCUT2D eigenvalue weighted by molar-refractivity contribution is -0.197. The molecule has 2 aliphatic rings. The van der Waals surface area contributed by atoms with Gasteiger partial charge in [0, 0.05) is 17.7 Å². The van der Waals surface area contributed by atoms with E-state index in [1.165, 1.54) is 0 Å². The minimum atomic E-state index is -0.752. The number of ether oxygens (including phenoxy) is 2.